The van der Waals surface area contributed by atoms with Gasteiger partial charge in [-0.05, 0) is 34.1 Å². The van der Waals surface area contributed by atoms with Crippen molar-refractivity contribution in [3.8, 4) is 0 Å². The molecule has 6 nitrogen and oxygen atoms in total. The van der Waals surface area contributed by atoms with Gasteiger partial charge < -0.3 is 4.74 Å². The van der Waals surface area contributed by atoms with Gasteiger partial charge in [0, 0.05) is 19.6 Å². The Bertz CT molecular complexity index is 272. The van der Waals surface area contributed by atoms with Crippen LogP contribution >= 0.6 is 0 Å². The molecule has 0 aromatic carbocycles. The zero-order chi connectivity index (χ0) is 15.2. The van der Waals surface area contributed by atoms with Gasteiger partial charge in [-0.2, -0.15) is 0 Å². The summed E-state index contributed by atoms with van der Waals surface area (Å²) in [6, 6.07) is 0. The van der Waals surface area contributed by atoms with Gasteiger partial charge >= 0.3 is 0 Å². The summed E-state index contributed by atoms with van der Waals surface area (Å²) < 4.78 is 5.99. The largest absolute Gasteiger partial charge is 0.357 e. The topological polar surface area (TPSA) is 43.0 Å². The summed E-state index contributed by atoms with van der Waals surface area (Å²) >= 11 is 0. The van der Waals surface area contributed by atoms with Crippen molar-refractivity contribution in [3.05, 3.63) is 0 Å². The number of likely N-dealkylation sites (N-methyl/N-ethyl adjacent to an activating group) is 2. The van der Waals surface area contributed by atoms with Crippen LogP contribution in [-0.2, 0) is 4.74 Å². The first-order valence-corrected chi connectivity index (χ1v) is 7.82. The number of rotatable bonds is 8. The predicted octanol–water partition coefficient (Wildman–Crippen LogP) is 0.336. The number of nitrogens with one attached hydrogen (secondary N) is 2. The standard InChI is InChI=1S/C14H33N5O/c1-7-10-16-14(17(5)6)13(15-4)20-12-11-19(14)18(8-2)9-3/h13,15-16H,7-12H2,1-6H3. The average Bonchev–Trinajstić information content (AvgIpc) is 2.46. The lowest BCUT2D eigenvalue weighted by atomic mass is 10.2. The molecule has 0 bridgehead atoms. The highest BCUT2D eigenvalue weighted by Gasteiger charge is 2.50. The highest BCUT2D eigenvalue weighted by Crippen LogP contribution is 2.26. The number of morpholine rings is 1. The third-order valence-electron chi connectivity index (χ3n) is 4.00. The van der Waals surface area contributed by atoms with Crippen LogP contribution in [0.5, 0.6) is 0 Å². The summed E-state index contributed by atoms with van der Waals surface area (Å²) in [6.45, 7) is 11.2. The maximum atomic E-state index is 5.99. The van der Waals surface area contributed by atoms with E-state index in [1.165, 1.54) is 0 Å². The highest BCUT2D eigenvalue weighted by atomic mass is 16.5. The molecule has 20 heavy (non-hydrogen) atoms. The second-order valence-electron chi connectivity index (χ2n) is 5.35. The van der Waals surface area contributed by atoms with Gasteiger partial charge in [0.25, 0.3) is 0 Å². The van der Waals surface area contributed by atoms with E-state index in [4.69, 9.17) is 4.74 Å². The Morgan fingerprint density at radius 3 is 2.35 bits per heavy atom. The third kappa shape index (κ3) is 3.32. The lowest BCUT2D eigenvalue weighted by Crippen LogP contribution is -2.81. The van der Waals surface area contributed by atoms with E-state index in [1.807, 2.05) is 7.05 Å². The third-order valence-corrected chi connectivity index (χ3v) is 4.00. The van der Waals surface area contributed by atoms with Crippen LogP contribution in [0.15, 0.2) is 0 Å². The molecule has 2 N–H and O–H groups in total. The Kier molecular flexibility index (Phi) is 7.36. The van der Waals surface area contributed by atoms with Gasteiger partial charge in [-0.25, -0.2) is 10.0 Å². The van der Waals surface area contributed by atoms with Gasteiger partial charge in [0.05, 0.1) is 6.61 Å². The van der Waals surface area contributed by atoms with Crippen molar-refractivity contribution in [2.45, 2.75) is 39.2 Å². The van der Waals surface area contributed by atoms with E-state index in [2.05, 4.69) is 60.4 Å². The molecule has 1 fully saturated rings. The van der Waals surface area contributed by atoms with E-state index in [1.54, 1.807) is 0 Å². The van der Waals surface area contributed by atoms with E-state index < -0.39 is 0 Å². The van der Waals surface area contributed by atoms with Gasteiger partial charge in [-0.15, -0.1) is 0 Å². The Hall–Kier alpha value is -0.240. The first kappa shape index (κ1) is 17.8. The monoisotopic (exact) mass is 287 g/mol. The Morgan fingerprint density at radius 1 is 1.25 bits per heavy atom. The number of ether oxygens (including phenoxy) is 1. The fourth-order valence-electron chi connectivity index (χ4n) is 3.00. The first-order valence-electron chi connectivity index (χ1n) is 7.82. The summed E-state index contributed by atoms with van der Waals surface area (Å²) in [6.07, 6.45) is 1.02. The van der Waals surface area contributed by atoms with Crippen LogP contribution in [0, 0.1) is 0 Å². The molecule has 0 radical (unpaired) electrons. The molecule has 0 aliphatic carbocycles. The van der Waals surface area contributed by atoms with Gasteiger partial charge in [0.2, 0.25) is 0 Å². The van der Waals surface area contributed by atoms with Crippen LogP contribution in [-0.4, -0.2) is 80.9 Å². The van der Waals surface area contributed by atoms with E-state index in [-0.39, 0.29) is 12.0 Å². The smallest absolute Gasteiger partial charge is 0.182 e. The van der Waals surface area contributed by atoms with Crippen LogP contribution in [0.1, 0.15) is 27.2 Å². The minimum atomic E-state index is -0.352. The van der Waals surface area contributed by atoms with Crippen LogP contribution in [0.4, 0.5) is 0 Å². The fraction of sp³-hybridized carbons (Fsp3) is 1.00. The average molecular weight is 287 g/mol. The van der Waals surface area contributed by atoms with Crippen molar-refractivity contribution in [2.24, 2.45) is 0 Å². The van der Waals surface area contributed by atoms with E-state index in [0.29, 0.717) is 0 Å². The molecular weight excluding hydrogens is 254 g/mol. The molecule has 1 saturated heterocycles. The van der Waals surface area contributed by atoms with Crippen LogP contribution in [0.2, 0.25) is 0 Å². The summed E-state index contributed by atoms with van der Waals surface area (Å²) in [5.41, 5.74) is 0. The fourth-order valence-corrected chi connectivity index (χ4v) is 3.00. The minimum Gasteiger partial charge on any atom is -0.357 e. The van der Waals surface area contributed by atoms with Crippen molar-refractivity contribution >= 4 is 0 Å². The maximum absolute atomic E-state index is 5.99. The van der Waals surface area contributed by atoms with E-state index in [9.17, 15) is 0 Å². The second-order valence-corrected chi connectivity index (χ2v) is 5.35. The Labute approximate surface area is 124 Å². The number of hydrogen-bond donors (Lipinski definition) is 2. The number of hydrazine groups is 1. The van der Waals surface area contributed by atoms with Crippen molar-refractivity contribution in [1.82, 2.24) is 25.6 Å². The van der Waals surface area contributed by atoms with Gasteiger partial charge in [0.1, 0.15) is 0 Å². The molecule has 6 heteroatoms. The first-order chi connectivity index (χ1) is 9.58. The summed E-state index contributed by atoms with van der Waals surface area (Å²) in [5.74, 6) is -0.352. The van der Waals surface area contributed by atoms with Crippen LogP contribution in [0.3, 0.4) is 0 Å². The minimum absolute atomic E-state index is 0.0709. The zero-order valence-corrected chi connectivity index (χ0v) is 14.1. The molecular formula is C14H33N5O. The molecule has 1 aliphatic rings. The molecule has 0 aromatic rings. The van der Waals surface area contributed by atoms with Crippen molar-refractivity contribution in [3.63, 3.8) is 0 Å². The van der Waals surface area contributed by atoms with Gasteiger partial charge in [-0.1, -0.05) is 20.8 Å². The Balaban J connectivity index is 3.13. The second kappa shape index (κ2) is 8.26. The molecule has 120 valence electrons. The maximum Gasteiger partial charge on any atom is 0.182 e. The highest BCUT2D eigenvalue weighted by molar-refractivity contribution is 4.93. The van der Waals surface area contributed by atoms with E-state index >= 15 is 0 Å². The molecule has 1 heterocycles. The van der Waals surface area contributed by atoms with Crippen molar-refractivity contribution < 1.29 is 4.74 Å². The van der Waals surface area contributed by atoms with Crippen LogP contribution in [0.25, 0.3) is 0 Å². The quantitative estimate of drug-likeness (QED) is 0.628. The molecule has 0 amide bonds. The summed E-state index contributed by atoms with van der Waals surface area (Å²) in [5, 5.41) is 11.8. The Morgan fingerprint density at radius 2 is 1.90 bits per heavy atom. The molecule has 2 unspecified atom stereocenters. The van der Waals surface area contributed by atoms with Crippen LogP contribution < -0.4 is 10.6 Å². The SMILES string of the molecule is CCCNC1(N(C)C)C(NC)OCCN1N(CC)CC. The predicted molar refractivity (Wildman–Crippen MR) is 83.1 cm³/mol. The normalized spacial score (nSPS) is 28.5. The molecule has 2 atom stereocenters. The van der Waals surface area contributed by atoms with Crippen molar-refractivity contribution in [1.29, 1.82) is 0 Å². The lowest BCUT2D eigenvalue weighted by molar-refractivity contribution is -0.275. The molecule has 0 spiro atoms. The summed E-state index contributed by atoms with van der Waals surface area (Å²) in [4.78, 5) is 2.22. The summed E-state index contributed by atoms with van der Waals surface area (Å²) in [7, 11) is 6.18. The molecule has 1 aliphatic heterocycles. The van der Waals surface area contributed by atoms with E-state index in [0.717, 1.165) is 39.2 Å². The molecule has 0 saturated carbocycles. The number of nitrogens with zero attached hydrogens (tertiary/aromatic N) is 3. The number of hydrogen-bond acceptors (Lipinski definition) is 6. The molecule has 1 rings (SSSR count). The van der Waals surface area contributed by atoms with Gasteiger partial charge in [-0.3, -0.25) is 15.5 Å². The zero-order valence-electron chi connectivity index (χ0n) is 14.1. The molecule has 0 aromatic heterocycles. The van der Waals surface area contributed by atoms with Gasteiger partial charge in [0.15, 0.2) is 12.0 Å². The van der Waals surface area contributed by atoms with Crippen molar-refractivity contribution in [2.75, 3.05) is 53.9 Å². The lowest BCUT2D eigenvalue weighted by Gasteiger charge is -2.57.